The first-order valence-corrected chi connectivity index (χ1v) is 6.19. The minimum absolute atomic E-state index is 0.268. The monoisotopic (exact) mass is 232 g/mol. The number of carbonyl (C=O) groups excluding carboxylic acids is 1. The number of methoxy groups -OCH3 is 1. The molecule has 0 saturated heterocycles. The van der Waals surface area contributed by atoms with Crippen LogP contribution in [0.4, 0.5) is 0 Å². The fraction of sp³-hybridized carbons (Fsp3) is 0.500. The van der Waals surface area contributed by atoms with Crippen LogP contribution >= 0.6 is 0 Å². The van der Waals surface area contributed by atoms with E-state index >= 15 is 0 Å². The third kappa shape index (κ3) is 1.61. The van der Waals surface area contributed by atoms with Crippen LogP contribution in [0.5, 0.6) is 5.75 Å². The molecule has 1 aliphatic heterocycles. The number of hydrogen-bond acceptors (Lipinski definition) is 3. The van der Waals surface area contributed by atoms with Gasteiger partial charge in [-0.3, -0.25) is 0 Å². The molecule has 1 aliphatic carbocycles. The lowest BCUT2D eigenvalue weighted by Crippen LogP contribution is -2.22. The summed E-state index contributed by atoms with van der Waals surface area (Å²) in [5.74, 6) is 0.931. The summed E-state index contributed by atoms with van der Waals surface area (Å²) < 4.78 is 10.8. The quantitative estimate of drug-likeness (QED) is 0.698. The minimum atomic E-state index is -0.305. The van der Waals surface area contributed by atoms with Crippen molar-refractivity contribution in [2.75, 3.05) is 7.11 Å². The summed E-state index contributed by atoms with van der Waals surface area (Å²) in [6.45, 7) is 0. The summed E-state index contributed by atoms with van der Waals surface area (Å²) in [5, 5.41) is 0. The van der Waals surface area contributed by atoms with Crippen molar-refractivity contribution in [3.8, 4) is 5.75 Å². The molecule has 0 radical (unpaired) electrons. The molecule has 0 spiro atoms. The second-order valence-corrected chi connectivity index (χ2v) is 4.76. The summed E-state index contributed by atoms with van der Waals surface area (Å²) in [4.78, 5) is 11.7. The zero-order valence-corrected chi connectivity index (χ0v) is 9.94. The topological polar surface area (TPSA) is 35.5 Å². The molecule has 1 saturated carbocycles. The Hall–Kier alpha value is -1.51. The lowest BCUT2D eigenvalue weighted by molar-refractivity contribution is 0.0593. The number of hydrogen-bond donors (Lipinski definition) is 0. The van der Waals surface area contributed by atoms with Crippen LogP contribution in [0, 0.1) is 0 Å². The molecule has 3 heteroatoms. The molecule has 3 nitrogen and oxygen atoms in total. The first kappa shape index (κ1) is 10.6. The highest BCUT2D eigenvalue weighted by Crippen LogP contribution is 2.46. The van der Waals surface area contributed by atoms with Gasteiger partial charge in [0.05, 0.1) is 7.11 Å². The highest BCUT2D eigenvalue weighted by Gasteiger charge is 2.38. The lowest BCUT2D eigenvalue weighted by Gasteiger charge is -2.23. The first-order chi connectivity index (χ1) is 8.31. The summed E-state index contributed by atoms with van der Waals surface area (Å²) >= 11 is 0. The molecule has 2 unspecified atom stereocenters. The average molecular weight is 232 g/mol. The molecule has 2 aliphatic rings. The Morgan fingerprint density at radius 2 is 2.18 bits per heavy atom. The molecule has 0 bridgehead atoms. The van der Waals surface area contributed by atoms with Gasteiger partial charge < -0.3 is 9.47 Å². The molecule has 3 rings (SSSR count). The van der Waals surface area contributed by atoms with E-state index in [4.69, 9.17) is 9.47 Å². The first-order valence-electron chi connectivity index (χ1n) is 6.19. The van der Waals surface area contributed by atoms with Gasteiger partial charge in [-0.15, -0.1) is 0 Å². The third-order valence-electron chi connectivity index (χ3n) is 3.82. The van der Waals surface area contributed by atoms with E-state index in [1.807, 2.05) is 6.07 Å². The Kier molecular flexibility index (Phi) is 2.54. The second-order valence-electron chi connectivity index (χ2n) is 4.76. The zero-order valence-electron chi connectivity index (χ0n) is 9.94. The standard InChI is InChI=1S/C14H16O3/c1-16-14(15)11-7-4-6-10-9-5-2-3-8-12(9)17-13(10)11/h4,6-7,9,12H,2-3,5,8H2,1H3. The number of benzene rings is 1. The number of ether oxygens (including phenoxy) is 2. The molecule has 0 aromatic heterocycles. The molecule has 0 N–H and O–H groups in total. The number of rotatable bonds is 1. The molecule has 1 aromatic carbocycles. The molecule has 90 valence electrons. The number of fused-ring (bicyclic) bond motifs is 3. The summed E-state index contributed by atoms with van der Waals surface area (Å²) in [5.41, 5.74) is 1.76. The minimum Gasteiger partial charge on any atom is -0.489 e. The van der Waals surface area contributed by atoms with Crippen LogP contribution in [-0.2, 0) is 4.74 Å². The number of para-hydroxylation sites is 1. The third-order valence-corrected chi connectivity index (χ3v) is 3.82. The van der Waals surface area contributed by atoms with Gasteiger partial charge in [0.25, 0.3) is 0 Å². The summed E-state index contributed by atoms with van der Waals surface area (Å²) in [6, 6.07) is 5.78. The van der Waals surface area contributed by atoms with Gasteiger partial charge in [0.1, 0.15) is 17.4 Å². The van der Waals surface area contributed by atoms with Crippen LogP contribution in [0.3, 0.4) is 0 Å². The van der Waals surface area contributed by atoms with Crippen molar-refractivity contribution in [1.29, 1.82) is 0 Å². The van der Waals surface area contributed by atoms with Gasteiger partial charge in [-0.25, -0.2) is 4.79 Å². The van der Waals surface area contributed by atoms with Gasteiger partial charge in [0, 0.05) is 11.5 Å². The van der Waals surface area contributed by atoms with Crippen LogP contribution in [0.25, 0.3) is 0 Å². The van der Waals surface area contributed by atoms with Crippen LogP contribution in [0.15, 0.2) is 18.2 Å². The molecule has 17 heavy (non-hydrogen) atoms. The van der Waals surface area contributed by atoms with Crippen molar-refractivity contribution in [2.45, 2.75) is 37.7 Å². The largest absolute Gasteiger partial charge is 0.489 e. The molecular weight excluding hydrogens is 216 g/mol. The Bertz CT molecular complexity index is 453. The predicted molar refractivity (Wildman–Crippen MR) is 63.4 cm³/mol. The normalized spacial score (nSPS) is 25.7. The van der Waals surface area contributed by atoms with E-state index in [-0.39, 0.29) is 12.1 Å². The SMILES string of the molecule is COC(=O)c1cccc2c1OC1CCCCC21. The van der Waals surface area contributed by atoms with Crippen molar-refractivity contribution in [3.05, 3.63) is 29.3 Å². The summed E-state index contributed by atoms with van der Waals surface area (Å²) in [7, 11) is 1.41. The lowest BCUT2D eigenvalue weighted by atomic mass is 9.83. The second kappa shape index (κ2) is 4.06. The Labute approximate surface area is 101 Å². The molecule has 1 aromatic rings. The van der Waals surface area contributed by atoms with Crippen molar-refractivity contribution < 1.29 is 14.3 Å². The van der Waals surface area contributed by atoms with Gasteiger partial charge in [-0.1, -0.05) is 18.6 Å². The molecule has 1 heterocycles. The smallest absolute Gasteiger partial charge is 0.341 e. The van der Waals surface area contributed by atoms with Gasteiger partial charge in [0.15, 0.2) is 0 Å². The Morgan fingerprint density at radius 3 is 3.00 bits per heavy atom. The van der Waals surface area contributed by atoms with E-state index in [0.29, 0.717) is 11.5 Å². The van der Waals surface area contributed by atoms with Gasteiger partial charge in [0.2, 0.25) is 0 Å². The molecular formula is C14H16O3. The highest BCUT2D eigenvalue weighted by molar-refractivity contribution is 5.93. The zero-order chi connectivity index (χ0) is 11.8. The van der Waals surface area contributed by atoms with Gasteiger partial charge in [-0.2, -0.15) is 0 Å². The van der Waals surface area contributed by atoms with E-state index in [0.717, 1.165) is 12.2 Å². The van der Waals surface area contributed by atoms with Crippen molar-refractivity contribution in [1.82, 2.24) is 0 Å². The Balaban J connectivity index is 2.03. The maximum atomic E-state index is 11.7. The predicted octanol–water partition coefficient (Wildman–Crippen LogP) is 2.89. The van der Waals surface area contributed by atoms with Gasteiger partial charge >= 0.3 is 5.97 Å². The van der Waals surface area contributed by atoms with Crippen molar-refractivity contribution in [2.24, 2.45) is 0 Å². The maximum absolute atomic E-state index is 11.7. The van der Waals surface area contributed by atoms with Crippen LogP contribution in [0.1, 0.15) is 47.5 Å². The van der Waals surface area contributed by atoms with Crippen LogP contribution < -0.4 is 4.74 Å². The van der Waals surface area contributed by atoms with E-state index in [2.05, 4.69) is 6.07 Å². The number of esters is 1. The average Bonchev–Trinajstić information content (AvgIpc) is 2.76. The summed E-state index contributed by atoms with van der Waals surface area (Å²) in [6.07, 6.45) is 5.02. The number of carbonyl (C=O) groups is 1. The van der Waals surface area contributed by atoms with E-state index < -0.39 is 0 Å². The van der Waals surface area contributed by atoms with Crippen LogP contribution in [0.2, 0.25) is 0 Å². The van der Waals surface area contributed by atoms with E-state index in [1.165, 1.54) is 31.9 Å². The fourth-order valence-corrected chi connectivity index (χ4v) is 2.99. The van der Waals surface area contributed by atoms with Gasteiger partial charge in [-0.05, 0) is 25.3 Å². The Morgan fingerprint density at radius 1 is 1.35 bits per heavy atom. The highest BCUT2D eigenvalue weighted by atomic mass is 16.5. The van der Waals surface area contributed by atoms with Crippen molar-refractivity contribution in [3.63, 3.8) is 0 Å². The van der Waals surface area contributed by atoms with Crippen LogP contribution in [-0.4, -0.2) is 19.2 Å². The molecule has 0 amide bonds. The fourth-order valence-electron chi connectivity index (χ4n) is 2.99. The molecule has 2 atom stereocenters. The molecule has 1 fully saturated rings. The van der Waals surface area contributed by atoms with Crippen molar-refractivity contribution >= 4 is 5.97 Å². The van der Waals surface area contributed by atoms with E-state index in [9.17, 15) is 4.79 Å². The maximum Gasteiger partial charge on any atom is 0.341 e. The van der Waals surface area contributed by atoms with E-state index in [1.54, 1.807) is 6.07 Å².